The van der Waals surface area contributed by atoms with E-state index in [0.29, 0.717) is 11.3 Å². The lowest BCUT2D eigenvalue weighted by Crippen LogP contribution is -2.37. The van der Waals surface area contributed by atoms with Crippen LogP contribution in [0.2, 0.25) is 0 Å². The minimum atomic E-state index is -4.49. The third-order valence-corrected chi connectivity index (χ3v) is 4.00. The molecular weight excluding hydrogens is 441 g/mol. The molecule has 1 atom stereocenters. The van der Waals surface area contributed by atoms with Crippen molar-refractivity contribution in [3.63, 3.8) is 0 Å². The lowest BCUT2D eigenvalue weighted by atomic mass is 10.1. The van der Waals surface area contributed by atoms with E-state index in [1.807, 2.05) is 0 Å². The van der Waals surface area contributed by atoms with Gasteiger partial charge in [-0.3, -0.25) is 9.59 Å². The number of nitrogens with two attached hydrogens (primary N) is 1. The number of alkyl halides is 3. The van der Waals surface area contributed by atoms with Crippen LogP contribution in [0.3, 0.4) is 0 Å². The Labute approximate surface area is 179 Å². The molecule has 3 aromatic rings. The lowest BCUT2D eigenvalue weighted by molar-refractivity contribution is -0.139. The van der Waals surface area contributed by atoms with Crippen molar-refractivity contribution in [1.29, 1.82) is 0 Å². The van der Waals surface area contributed by atoms with Gasteiger partial charge in [0.05, 0.1) is 18.0 Å². The summed E-state index contributed by atoms with van der Waals surface area (Å²) in [6.07, 6.45) is -5.00. The number of carboxylic acid groups (broad SMARTS) is 1. The molecule has 0 bridgehead atoms. The number of hydrogen-bond acceptors (Lipinski definition) is 6. The molecule has 0 radical (unpaired) electrons. The van der Waals surface area contributed by atoms with Gasteiger partial charge in [-0.25, -0.2) is 0 Å². The van der Waals surface area contributed by atoms with Crippen molar-refractivity contribution in [2.45, 2.75) is 18.6 Å². The Morgan fingerprint density at radius 1 is 1.13 bits per heavy atom. The van der Waals surface area contributed by atoms with Crippen LogP contribution >= 0.6 is 12.4 Å². The van der Waals surface area contributed by atoms with E-state index in [9.17, 15) is 22.8 Å². The summed E-state index contributed by atoms with van der Waals surface area (Å²) in [6.45, 7) is 0. The molecule has 31 heavy (non-hydrogen) atoms. The van der Waals surface area contributed by atoms with Crippen LogP contribution < -0.4 is 11.1 Å². The number of carbonyl (C=O) groups is 2. The summed E-state index contributed by atoms with van der Waals surface area (Å²) in [6, 6.07) is 9.46. The molecule has 3 rings (SSSR count). The summed E-state index contributed by atoms with van der Waals surface area (Å²) < 4.78 is 43.7. The van der Waals surface area contributed by atoms with Gasteiger partial charge in [-0.05, 0) is 36.4 Å². The standard InChI is InChI=1S/C19H15F3N4O4.ClH/c20-19(21,22)12-3-1-2-11(8-12)16-25-18(30-26-16)10-4-6-13(7-5-10)24-17(29)14(23)9-15(27)28;/h1-8,14H,9,23H2,(H,24,29)(H,27,28);1H/t14-;/m0./s1. The van der Waals surface area contributed by atoms with Crippen LogP contribution in [0.1, 0.15) is 12.0 Å². The minimum Gasteiger partial charge on any atom is -0.481 e. The molecule has 1 aromatic heterocycles. The van der Waals surface area contributed by atoms with Gasteiger partial charge in [-0.15, -0.1) is 12.4 Å². The Kier molecular flexibility index (Phi) is 7.37. The molecule has 1 heterocycles. The van der Waals surface area contributed by atoms with Crippen molar-refractivity contribution in [2.24, 2.45) is 5.73 Å². The average molecular weight is 457 g/mol. The molecule has 4 N–H and O–H groups in total. The fourth-order valence-electron chi connectivity index (χ4n) is 2.50. The monoisotopic (exact) mass is 456 g/mol. The molecular formula is C19H16ClF3N4O4. The second-order valence-corrected chi connectivity index (χ2v) is 6.27. The molecule has 0 aliphatic heterocycles. The summed E-state index contributed by atoms with van der Waals surface area (Å²) >= 11 is 0. The number of aliphatic carboxylic acids is 1. The van der Waals surface area contributed by atoms with Gasteiger partial charge in [0.15, 0.2) is 0 Å². The van der Waals surface area contributed by atoms with E-state index < -0.39 is 36.1 Å². The van der Waals surface area contributed by atoms with E-state index in [2.05, 4.69) is 15.5 Å². The zero-order valence-corrected chi connectivity index (χ0v) is 16.4. The van der Waals surface area contributed by atoms with Crippen LogP contribution in [0.5, 0.6) is 0 Å². The number of nitrogens with zero attached hydrogens (tertiary/aromatic N) is 2. The highest BCUT2D eigenvalue weighted by atomic mass is 35.5. The first kappa shape index (κ1) is 23.8. The Hall–Kier alpha value is -3.44. The number of halogens is 4. The van der Waals surface area contributed by atoms with Gasteiger partial charge in [0.1, 0.15) is 0 Å². The predicted octanol–water partition coefficient (Wildman–Crippen LogP) is 3.58. The summed E-state index contributed by atoms with van der Waals surface area (Å²) in [4.78, 5) is 26.5. The van der Waals surface area contributed by atoms with Crippen molar-refractivity contribution in [3.05, 3.63) is 54.1 Å². The summed E-state index contributed by atoms with van der Waals surface area (Å²) in [5.41, 5.74) is 5.64. The predicted molar refractivity (Wildman–Crippen MR) is 106 cm³/mol. The lowest BCUT2D eigenvalue weighted by Gasteiger charge is -2.10. The quantitative estimate of drug-likeness (QED) is 0.516. The normalized spacial score (nSPS) is 12.0. The number of carboxylic acids is 1. The maximum atomic E-state index is 12.9. The molecule has 0 fully saturated rings. The van der Waals surface area contributed by atoms with Crippen LogP contribution in [0.4, 0.5) is 18.9 Å². The van der Waals surface area contributed by atoms with Gasteiger partial charge < -0.3 is 20.7 Å². The smallest absolute Gasteiger partial charge is 0.416 e. The summed E-state index contributed by atoms with van der Waals surface area (Å²) in [5, 5.41) is 14.9. The van der Waals surface area contributed by atoms with Gasteiger partial charge in [0.25, 0.3) is 5.89 Å². The number of aromatic nitrogens is 2. The molecule has 12 heteroatoms. The molecule has 164 valence electrons. The zero-order chi connectivity index (χ0) is 21.9. The number of carbonyl (C=O) groups excluding carboxylic acids is 1. The molecule has 2 aromatic carbocycles. The third-order valence-electron chi connectivity index (χ3n) is 4.00. The maximum Gasteiger partial charge on any atom is 0.416 e. The fourth-order valence-corrected chi connectivity index (χ4v) is 2.50. The zero-order valence-electron chi connectivity index (χ0n) is 15.6. The Balaban J connectivity index is 0.00000341. The van der Waals surface area contributed by atoms with Crippen LogP contribution in [-0.2, 0) is 15.8 Å². The highest BCUT2D eigenvalue weighted by Gasteiger charge is 2.30. The molecule has 1 amide bonds. The molecule has 0 saturated carbocycles. The van der Waals surface area contributed by atoms with Crippen LogP contribution in [0, 0.1) is 0 Å². The van der Waals surface area contributed by atoms with Crippen LogP contribution in [-0.4, -0.2) is 33.2 Å². The first-order chi connectivity index (χ1) is 14.1. The van der Waals surface area contributed by atoms with Crippen molar-refractivity contribution in [1.82, 2.24) is 10.1 Å². The van der Waals surface area contributed by atoms with E-state index in [-0.39, 0.29) is 29.7 Å². The number of nitrogens with one attached hydrogen (secondary N) is 1. The van der Waals surface area contributed by atoms with Gasteiger partial charge >= 0.3 is 12.1 Å². The molecule has 8 nitrogen and oxygen atoms in total. The number of hydrogen-bond donors (Lipinski definition) is 3. The largest absolute Gasteiger partial charge is 0.481 e. The number of rotatable bonds is 6. The second kappa shape index (κ2) is 9.58. The van der Waals surface area contributed by atoms with Crippen LogP contribution in [0.15, 0.2) is 53.1 Å². The minimum absolute atomic E-state index is 0. The SMILES string of the molecule is Cl.N[C@@H](CC(=O)O)C(=O)Nc1ccc(-c2nc(-c3cccc(C(F)(F)F)c3)no2)cc1. The Morgan fingerprint density at radius 2 is 1.81 bits per heavy atom. The van der Waals surface area contributed by atoms with Crippen molar-refractivity contribution in [3.8, 4) is 22.8 Å². The Bertz CT molecular complexity index is 1070. The van der Waals surface area contributed by atoms with E-state index in [4.69, 9.17) is 15.4 Å². The van der Waals surface area contributed by atoms with Crippen molar-refractivity contribution < 1.29 is 32.4 Å². The molecule has 0 unspecified atom stereocenters. The van der Waals surface area contributed by atoms with Crippen molar-refractivity contribution in [2.75, 3.05) is 5.32 Å². The first-order valence-electron chi connectivity index (χ1n) is 8.53. The van der Waals surface area contributed by atoms with Crippen LogP contribution in [0.25, 0.3) is 22.8 Å². The van der Waals surface area contributed by atoms with Gasteiger partial charge in [0, 0.05) is 16.8 Å². The third kappa shape index (κ3) is 6.03. The number of benzene rings is 2. The highest BCUT2D eigenvalue weighted by molar-refractivity contribution is 5.96. The van der Waals surface area contributed by atoms with Crippen molar-refractivity contribution >= 4 is 30.0 Å². The highest BCUT2D eigenvalue weighted by Crippen LogP contribution is 2.32. The average Bonchev–Trinajstić information content (AvgIpc) is 3.18. The van der Waals surface area contributed by atoms with E-state index in [1.54, 1.807) is 12.1 Å². The summed E-state index contributed by atoms with van der Waals surface area (Å²) in [7, 11) is 0. The number of anilines is 1. The van der Waals surface area contributed by atoms with E-state index >= 15 is 0 Å². The van der Waals surface area contributed by atoms with E-state index in [0.717, 1.165) is 12.1 Å². The topological polar surface area (TPSA) is 131 Å². The Morgan fingerprint density at radius 3 is 2.42 bits per heavy atom. The summed E-state index contributed by atoms with van der Waals surface area (Å²) in [5.74, 6) is -1.79. The molecule has 0 aliphatic carbocycles. The van der Waals surface area contributed by atoms with Gasteiger partial charge in [-0.1, -0.05) is 17.3 Å². The molecule has 0 spiro atoms. The number of amides is 1. The second-order valence-electron chi connectivity index (χ2n) is 6.27. The van der Waals surface area contributed by atoms with E-state index in [1.165, 1.54) is 24.3 Å². The molecule has 0 aliphatic rings. The van der Waals surface area contributed by atoms with Gasteiger partial charge in [-0.2, -0.15) is 18.2 Å². The van der Waals surface area contributed by atoms with Gasteiger partial charge in [0.2, 0.25) is 11.7 Å². The molecule has 0 saturated heterocycles. The maximum absolute atomic E-state index is 12.9. The first-order valence-corrected chi connectivity index (χ1v) is 8.53. The fraction of sp³-hybridized carbons (Fsp3) is 0.158.